The molecule has 17 heavy (non-hydrogen) atoms. The van der Waals surface area contributed by atoms with Crippen LogP contribution >= 0.6 is 8.25 Å². The standard InChI is InChI=1S/C10H14Si3.H3O3P/c1-2-4-10(5-3-1)6-8-13-9-7-11-12-13;1-4(2)3/h1-5,7,9,11-13H,6,8H2;4H,(H2,1,2,3). The van der Waals surface area contributed by atoms with Crippen LogP contribution in [0.15, 0.2) is 41.7 Å². The van der Waals surface area contributed by atoms with Gasteiger partial charge in [0.15, 0.2) is 0 Å². The van der Waals surface area contributed by atoms with Gasteiger partial charge in [0.05, 0.1) is 8.31 Å². The lowest BCUT2D eigenvalue weighted by atomic mass is 10.2. The molecule has 0 fully saturated rings. The second-order valence-electron chi connectivity index (χ2n) is 3.74. The molecule has 0 aromatic heterocycles. The Balaban J connectivity index is 0.000000317. The second-order valence-corrected chi connectivity index (χ2v) is 16.1. The minimum absolute atomic E-state index is 0.311. The van der Waals surface area contributed by atoms with Gasteiger partial charge in [0, 0.05) is 0 Å². The fourth-order valence-electron chi connectivity index (χ4n) is 1.65. The predicted octanol–water partition coefficient (Wildman–Crippen LogP) is 0.168. The normalized spacial score (nSPS) is 17.0. The molecule has 1 aliphatic heterocycles. The number of benzene rings is 1. The van der Waals surface area contributed by atoms with Gasteiger partial charge in [0.2, 0.25) is 0 Å². The molecule has 0 spiro atoms. The van der Waals surface area contributed by atoms with Crippen LogP contribution in [0, 0.1) is 0 Å². The molecule has 92 valence electrons. The van der Waals surface area contributed by atoms with Crippen LogP contribution in [0.1, 0.15) is 5.56 Å². The van der Waals surface area contributed by atoms with Crippen molar-refractivity contribution in [2.24, 2.45) is 0 Å². The van der Waals surface area contributed by atoms with E-state index in [1.165, 1.54) is 18.0 Å². The van der Waals surface area contributed by atoms with Crippen molar-refractivity contribution < 1.29 is 14.4 Å². The molecule has 7 heteroatoms. The molecular formula is C10H17O3PSi3. The maximum Gasteiger partial charge on any atom is 0.314 e. The lowest BCUT2D eigenvalue weighted by Gasteiger charge is -2.03. The Kier molecular flexibility index (Phi) is 7.67. The molecule has 2 rings (SSSR count). The Morgan fingerprint density at radius 2 is 1.88 bits per heavy atom. The lowest BCUT2D eigenvalue weighted by Crippen LogP contribution is -2.12. The van der Waals surface area contributed by atoms with Crippen LogP contribution in [-0.2, 0) is 11.0 Å². The van der Waals surface area contributed by atoms with E-state index in [9.17, 15) is 0 Å². The largest absolute Gasteiger partial charge is 0.326 e. The summed E-state index contributed by atoms with van der Waals surface area (Å²) in [5.41, 5.74) is 6.62. The summed E-state index contributed by atoms with van der Waals surface area (Å²) < 4.78 is 8.74. The molecule has 0 saturated carbocycles. The Bertz CT molecular complexity index is 393. The van der Waals surface area contributed by atoms with E-state index in [0.717, 1.165) is 16.7 Å². The van der Waals surface area contributed by atoms with Crippen molar-refractivity contribution >= 4 is 33.3 Å². The van der Waals surface area contributed by atoms with Crippen LogP contribution in [-0.4, -0.2) is 34.8 Å². The summed E-state index contributed by atoms with van der Waals surface area (Å²) >= 11 is 0. The molecule has 0 amide bonds. The highest BCUT2D eigenvalue weighted by Gasteiger charge is 2.05. The van der Waals surface area contributed by atoms with Crippen LogP contribution in [0.4, 0.5) is 0 Å². The van der Waals surface area contributed by atoms with Gasteiger partial charge in [-0.05, 0) is 28.7 Å². The smallest absolute Gasteiger partial charge is 0.314 e. The first-order valence-electron chi connectivity index (χ1n) is 5.49. The number of rotatable bonds is 3. The second kappa shape index (κ2) is 8.79. The topological polar surface area (TPSA) is 57.5 Å². The molecule has 0 aliphatic carbocycles. The predicted molar refractivity (Wildman–Crippen MR) is 79.0 cm³/mol. The van der Waals surface area contributed by atoms with Crippen molar-refractivity contribution in [3.05, 3.63) is 47.3 Å². The van der Waals surface area contributed by atoms with Gasteiger partial charge in [-0.25, -0.2) is 0 Å². The lowest BCUT2D eigenvalue weighted by molar-refractivity contribution is 0.405. The van der Waals surface area contributed by atoms with Gasteiger partial charge in [0.25, 0.3) is 0 Å². The van der Waals surface area contributed by atoms with E-state index < -0.39 is 8.25 Å². The van der Waals surface area contributed by atoms with Crippen LogP contribution in [0.3, 0.4) is 0 Å². The third-order valence-electron chi connectivity index (χ3n) is 2.44. The number of aryl methyl sites for hydroxylation is 1. The maximum absolute atomic E-state index is 8.74. The highest BCUT2D eigenvalue weighted by Crippen LogP contribution is 2.05. The summed E-state index contributed by atoms with van der Waals surface area (Å²) in [6.45, 7) is 0. The summed E-state index contributed by atoms with van der Waals surface area (Å²) in [4.78, 5) is 14.3. The van der Waals surface area contributed by atoms with Gasteiger partial charge in [-0.15, -0.1) is 5.70 Å². The van der Waals surface area contributed by atoms with Crippen molar-refractivity contribution in [2.75, 3.05) is 0 Å². The van der Waals surface area contributed by atoms with Crippen molar-refractivity contribution in [1.29, 1.82) is 0 Å². The molecular weight excluding hydrogens is 283 g/mol. The third kappa shape index (κ3) is 7.64. The molecule has 1 atom stereocenters. The average molecular weight is 300 g/mol. The molecule has 1 aromatic carbocycles. The van der Waals surface area contributed by atoms with E-state index in [1.54, 1.807) is 0 Å². The van der Waals surface area contributed by atoms with Crippen LogP contribution in [0.2, 0.25) is 6.04 Å². The first kappa shape index (κ1) is 14.8. The molecule has 1 heterocycles. The van der Waals surface area contributed by atoms with Crippen molar-refractivity contribution in [3.8, 4) is 0 Å². The van der Waals surface area contributed by atoms with E-state index in [4.69, 9.17) is 14.4 Å². The fraction of sp³-hybridized carbons (Fsp3) is 0.200. The number of hydrogen-bond donors (Lipinski definition) is 2. The van der Waals surface area contributed by atoms with E-state index in [1.807, 2.05) is 0 Å². The minimum atomic E-state index is -3.13. The monoisotopic (exact) mass is 300 g/mol. The molecule has 1 aliphatic rings. The van der Waals surface area contributed by atoms with Gasteiger partial charge in [0.1, 0.15) is 0 Å². The Morgan fingerprint density at radius 1 is 1.24 bits per heavy atom. The van der Waals surface area contributed by atoms with Crippen molar-refractivity contribution in [1.82, 2.24) is 0 Å². The van der Waals surface area contributed by atoms with Gasteiger partial charge >= 0.3 is 8.25 Å². The van der Waals surface area contributed by atoms with E-state index in [-0.39, 0.29) is 8.31 Å². The maximum atomic E-state index is 8.74. The first-order valence-corrected chi connectivity index (χ1v) is 14.3. The highest BCUT2D eigenvalue weighted by atomic mass is 31.1. The molecule has 3 nitrogen and oxygen atoms in total. The zero-order valence-electron chi connectivity index (χ0n) is 9.49. The summed E-state index contributed by atoms with van der Waals surface area (Å²) in [5.74, 6) is 0. The Morgan fingerprint density at radius 3 is 2.41 bits per heavy atom. The summed E-state index contributed by atoms with van der Waals surface area (Å²) in [7, 11) is -1.74. The van der Waals surface area contributed by atoms with Crippen molar-refractivity contribution in [2.45, 2.75) is 12.5 Å². The summed E-state index contributed by atoms with van der Waals surface area (Å²) in [6.07, 6.45) is 1.33. The van der Waals surface area contributed by atoms with E-state index in [2.05, 4.69) is 41.7 Å². The minimum Gasteiger partial charge on any atom is -0.326 e. The third-order valence-corrected chi connectivity index (χ3v) is 16.6. The average Bonchev–Trinajstić information content (AvgIpc) is 2.80. The van der Waals surface area contributed by atoms with E-state index >= 15 is 0 Å². The molecule has 1 aromatic rings. The van der Waals surface area contributed by atoms with Crippen LogP contribution < -0.4 is 0 Å². The van der Waals surface area contributed by atoms with Gasteiger partial charge in [-0.2, -0.15) is 0 Å². The zero-order valence-corrected chi connectivity index (χ0v) is 14.0. The van der Waals surface area contributed by atoms with Gasteiger partial charge in [-0.3, -0.25) is 4.57 Å². The fourth-order valence-corrected chi connectivity index (χ4v) is 16.5. The first-order chi connectivity index (χ1) is 8.18. The van der Waals surface area contributed by atoms with Crippen LogP contribution in [0.5, 0.6) is 0 Å². The molecule has 0 saturated heterocycles. The summed E-state index contributed by atoms with van der Waals surface area (Å²) in [6, 6.07) is 12.4. The SMILES string of the molecule is C1=C[SiH](CCc2ccccc2)[SiH]=[SiH]1.O=[PH](O)O. The molecule has 1 unspecified atom stereocenters. The summed E-state index contributed by atoms with van der Waals surface area (Å²) in [5, 5.41) is 0. The molecule has 2 N–H and O–H groups in total. The van der Waals surface area contributed by atoms with Crippen molar-refractivity contribution in [3.63, 3.8) is 0 Å². The zero-order chi connectivity index (χ0) is 12.5. The van der Waals surface area contributed by atoms with Gasteiger partial charge < -0.3 is 9.79 Å². The Hall–Kier alpha value is -0.239. The quantitative estimate of drug-likeness (QED) is 0.618. The molecule has 0 bridgehead atoms. The van der Waals surface area contributed by atoms with Gasteiger partial charge in [-0.1, -0.05) is 42.1 Å². The Labute approximate surface area is 108 Å². The number of hydrogen-bond acceptors (Lipinski definition) is 1. The highest BCUT2D eigenvalue weighted by molar-refractivity contribution is 7.30. The molecule has 0 radical (unpaired) electrons. The van der Waals surface area contributed by atoms with E-state index in [0.29, 0.717) is 0 Å². The van der Waals surface area contributed by atoms with Crippen LogP contribution in [0.25, 0.3) is 0 Å².